The van der Waals surface area contributed by atoms with Gasteiger partial charge in [0.1, 0.15) is 18.2 Å². The number of hydrogen-bond donors (Lipinski definition) is 0. The molecule has 2 rings (SSSR count). The molecule has 108 valence electrons. The van der Waals surface area contributed by atoms with Gasteiger partial charge in [-0.15, -0.1) is 11.6 Å². The van der Waals surface area contributed by atoms with Gasteiger partial charge in [-0.1, -0.05) is 6.92 Å². The van der Waals surface area contributed by atoms with Gasteiger partial charge in [0.2, 0.25) is 0 Å². The minimum atomic E-state index is -0.350. The van der Waals surface area contributed by atoms with Gasteiger partial charge in [0.05, 0.1) is 15.9 Å². The highest BCUT2D eigenvalue weighted by Crippen LogP contribution is 2.24. The number of hydrogen-bond acceptors (Lipinski definition) is 2. The molecule has 0 unspecified atom stereocenters. The van der Waals surface area contributed by atoms with Crippen molar-refractivity contribution in [2.24, 2.45) is 7.05 Å². The Hall–Kier alpha value is -1.07. The number of rotatable bonds is 5. The van der Waals surface area contributed by atoms with Crippen LogP contribution < -0.4 is 4.74 Å². The maximum Gasteiger partial charge on any atom is 0.131 e. The SMILES string of the molecule is CCc1nn(C)c(COc2cc(F)cc(CCl)c2)c1Br. The lowest BCUT2D eigenvalue weighted by Crippen LogP contribution is -2.04. The van der Waals surface area contributed by atoms with Crippen molar-refractivity contribution < 1.29 is 9.13 Å². The van der Waals surface area contributed by atoms with Crippen molar-refractivity contribution in [3.63, 3.8) is 0 Å². The van der Waals surface area contributed by atoms with Gasteiger partial charge < -0.3 is 4.74 Å². The maximum absolute atomic E-state index is 13.4. The molecule has 1 aromatic heterocycles. The first-order valence-corrected chi connectivity index (χ1v) is 7.56. The molecule has 0 fully saturated rings. The summed E-state index contributed by atoms with van der Waals surface area (Å²) < 4.78 is 21.7. The van der Waals surface area contributed by atoms with Crippen LogP contribution in [0.5, 0.6) is 5.75 Å². The molecule has 1 heterocycles. The minimum absolute atomic E-state index is 0.253. The monoisotopic (exact) mass is 360 g/mol. The first-order chi connectivity index (χ1) is 9.55. The van der Waals surface area contributed by atoms with Crippen molar-refractivity contribution in [1.82, 2.24) is 9.78 Å². The van der Waals surface area contributed by atoms with E-state index in [2.05, 4.69) is 21.0 Å². The quantitative estimate of drug-likeness (QED) is 0.746. The van der Waals surface area contributed by atoms with Gasteiger partial charge in [0.25, 0.3) is 0 Å². The molecule has 0 saturated carbocycles. The largest absolute Gasteiger partial charge is 0.487 e. The summed E-state index contributed by atoms with van der Waals surface area (Å²) in [6.07, 6.45) is 0.838. The zero-order chi connectivity index (χ0) is 14.7. The Morgan fingerprint density at radius 2 is 2.15 bits per heavy atom. The van der Waals surface area contributed by atoms with E-state index in [0.29, 0.717) is 17.9 Å². The summed E-state index contributed by atoms with van der Waals surface area (Å²) in [7, 11) is 1.86. The van der Waals surface area contributed by atoms with Gasteiger partial charge in [-0.05, 0) is 40.0 Å². The fourth-order valence-electron chi connectivity index (χ4n) is 1.91. The van der Waals surface area contributed by atoms with E-state index in [1.165, 1.54) is 12.1 Å². The summed E-state index contributed by atoms with van der Waals surface area (Å²) in [5, 5.41) is 4.39. The van der Waals surface area contributed by atoms with Crippen LogP contribution in [0.15, 0.2) is 22.7 Å². The number of halogens is 3. The molecule has 0 spiro atoms. The number of nitrogens with zero attached hydrogens (tertiary/aromatic N) is 2. The van der Waals surface area contributed by atoms with Crippen molar-refractivity contribution in [2.45, 2.75) is 25.8 Å². The predicted octanol–water partition coefficient (Wildman–Crippen LogP) is 4.20. The zero-order valence-electron chi connectivity index (χ0n) is 11.3. The van der Waals surface area contributed by atoms with E-state index in [1.807, 2.05) is 14.0 Å². The third-order valence-electron chi connectivity index (χ3n) is 2.96. The molecule has 3 nitrogen and oxygen atoms in total. The van der Waals surface area contributed by atoms with Crippen LogP contribution in [0.3, 0.4) is 0 Å². The molecule has 6 heteroatoms. The maximum atomic E-state index is 13.4. The van der Waals surface area contributed by atoms with Gasteiger partial charge >= 0.3 is 0 Å². The van der Waals surface area contributed by atoms with Gasteiger partial charge in [-0.3, -0.25) is 4.68 Å². The van der Waals surface area contributed by atoms with E-state index in [4.69, 9.17) is 16.3 Å². The average Bonchev–Trinajstić information content (AvgIpc) is 2.70. The van der Waals surface area contributed by atoms with Crippen molar-refractivity contribution in [3.05, 3.63) is 45.4 Å². The smallest absolute Gasteiger partial charge is 0.131 e. The lowest BCUT2D eigenvalue weighted by atomic mass is 10.2. The molecular weight excluding hydrogens is 347 g/mol. The summed E-state index contributed by atoms with van der Waals surface area (Å²) in [6, 6.07) is 4.48. The Morgan fingerprint density at radius 3 is 2.75 bits per heavy atom. The highest BCUT2D eigenvalue weighted by molar-refractivity contribution is 9.10. The van der Waals surface area contributed by atoms with E-state index in [9.17, 15) is 4.39 Å². The number of benzene rings is 1. The molecule has 0 atom stereocenters. The standard InChI is InChI=1S/C14H15BrClFN2O/c1-3-12-14(15)13(19(2)18-12)8-20-11-5-9(7-16)4-10(17)6-11/h4-6H,3,7-8H2,1-2H3. The molecule has 0 N–H and O–H groups in total. The second-order valence-corrected chi connectivity index (χ2v) is 5.46. The molecule has 0 aliphatic heterocycles. The Balaban J connectivity index is 2.16. The highest BCUT2D eigenvalue weighted by Gasteiger charge is 2.13. The Bertz CT molecular complexity index is 615. The summed E-state index contributed by atoms with van der Waals surface area (Å²) >= 11 is 9.24. The molecule has 0 aliphatic carbocycles. The van der Waals surface area contributed by atoms with Gasteiger partial charge in [-0.25, -0.2) is 4.39 Å². The van der Waals surface area contributed by atoms with E-state index in [0.717, 1.165) is 22.3 Å². The van der Waals surface area contributed by atoms with Crippen molar-refractivity contribution in [3.8, 4) is 5.75 Å². The van der Waals surface area contributed by atoms with Gasteiger partial charge in [-0.2, -0.15) is 5.10 Å². The zero-order valence-corrected chi connectivity index (χ0v) is 13.6. The van der Waals surface area contributed by atoms with Crippen LogP contribution in [0.4, 0.5) is 4.39 Å². The molecular formula is C14H15BrClFN2O. The second-order valence-electron chi connectivity index (χ2n) is 4.40. The molecule has 1 aromatic carbocycles. The van der Waals surface area contributed by atoms with Gasteiger partial charge in [0, 0.05) is 19.0 Å². The van der Waals surface area contributed by atoms with Crippen LogP contribution >= 0.6 is 27.5 Å². The highest BCUT2D eigenvalue weighted by atomic mass is 79.9. The third-order valence-corrected chi connectivity index (χ3v) is 4.19. The Kier molecular flexibility index (Phi) is 5.05. The second kappa shape index (κ2) is 6.59. The fraction of sp³-hybridized carbons (Fsp3) is 0.357. The van der Waals surface area contributed by atoms with Gasteiger partial charge in [0.15, 0.2) is 0 Å². The van der Waals surface area contributed by atoms with E-state index in [-0.39, 0.29) is 11.7 Å². The van der Waals surface area contributed by atoms with Crippen molar-refractivity contribution in [1.29, 1.82) is 0 Å². The number of aromatic nitrogens is 2. The normalized spacial score (nSPS) is 10.8. The summed E-state index contributed by atoms with van der Waals surface area (Å²) in [5.74, 6) is 0.368. The molecule has 0 aliphatic rings. The number of alkyl halides is 1. The fourth-order valence-corrected chi connectivity index (χ4v) is 2.79. The minimum Gasteiger partial charge on any atom is -0.487 e. The van der Waals surface area contributed by atoms with Crippen LogP contribution in [0.1, 0.15) is 23.9 Å². The number of aryl methyl sites for hydroxylation is 2. The van der Waals surface area contributed by atoms with E-state index in [1.54, 1.807) is 10.7 Å². The first kappa shape index (κ1) is 15.3. The van der Waals surface area contributed by atoms with Crippen LogP contribution in [0.2, 0.25) is 0 Å². The Labute approximate surface area is 130 Å². The molecule has 0 saturated heterocycles. The van der Waals surface area contributed by atoms with Crippen LogP contribution in [0, 0.1) is 5.82 Å². The number of ether oxygens (including phenoxy) is 1. The average molecular weight is 362 g/mol. The first-order valence-electron chi connectivity index (χ1n) is 6.23. The summed E-state index contributed by atoms with van der Waals surface area (Å²) in [6.45, 7) is 2.35. The van der Waals surface area contributed by atoms with Crippen molar-refractivity contribution in [2.75, 3.05) is 0 Å². The molecule has 0 amide bonds. The summed E-state index contributed by atoms with van der Waals surface area (Å²) in [5.41, 5.74) is 2.59. The third kappa shape index (κ3) is 3.33. The Morgan fingerprint density at radius 1 is 1.40 bits per heavy atom. The molecule has 20 heavy (non-hydrogen) atoms. The van der Waals surface area contributed by atoms with Crippen LogP contribution in [0.25, 0.3) is 0 Å². The summed E-state index contributed by atoms with van der Waals surface area (Å²) in [4.78, 5) is 0. The predicted molar refractivity (Wildman–Crippen MR) is 80.6 cm³/mol. The van der Waals surface area contributed by atoms with Crippen LogP contribution in [-0.4, -0.2) is 9.78 Å². The lowest BCUT2D eigenvalue weighted by Gasteiger charge is -2.08. The lowest BCUT2D eigenvalue weighted by molar-refractivity contribution is 0.292. The molecule has 0 radical (unpaired) electrons. The molecule has 0 bridgehead atoms. The van der Waals surface area contributed by atoms with E-state index < -0.39 is 0 Å². The van der Waals surface area contributed by atoms with Crippen molar-refractivity contribution >= 4 is 27.5 Å². The topological polar surface area (TPSA) is 27.1 Å². The van der Waals surface area contributed by atoms with Crippen LogP contribution in [-0.2, 0) is 26.0 Å². The van der Waals surface area contributed by atoms with E-state index >= 15 is 0 Å². The molecule has 2 aromatic rings.